The topological polar surface area (TPSA) is 92.1 Å². The molecule has 0 bridgehead atoms. The Bertz CT molecular complexity index is 9700. The predicted octanol–water partition coefficient (Wildman–Crippen LogP) is 32.1. The van der Waals surface area contributed by atoms with E-state index in [1.54, 1.807) is 11.3 Å². The molecule has 0 aliphatic heterocycles. The first kappa shape index (κ1) is 71.8. The fourth-order valence-corrected chi connectivity index (χ4v) is 25.1. The number of hydrogen-bond donors (Lipinski definition) is 0. The second-order valence-corrected chi connectivity index (χ2v) is 36.7. The maximum absolute atomic E-state index is 5.42. The van der Waals surface area contributed by atoms with Crippen LogP contribution in [0.5, 0.6) is 0 Å². The summed E-state index contributed by atoms with van der Waals surface area (Å²) in [7, 11) is 0. The molecule has 0 aliphatic rings. The van der Waals surface area contributed by atoms with Gasteiger partial charge in [-0.15, -0.1) is 45.3 Å². The molecule has 0 radical (unpaired) electrons. The van der Waals surface area contributed by atoms with Crippen molar-refractivity contribution < 1.29 is 0 Å². The average molecular weight is 1690 g/mol. The number of hydrogen-bond acceptors (Lipinski definition) is 10. The van der Waals surface area contributed by atoms with Gasteiger partial charge >= 0.3 is 0 Å². The van der Waals surface area contributed by atoms with Gasteiger partial charge in [-0.1, -0.05) is 340 Å². The molecule has 29 aromatic rings. The van der Waals surface area contributed by atoms with E-state index in [1.807, 2.05) is 40.1 Å². The van der Waals surface area contributed by atoms with Crippen LogP contribution in [0.4, 0.5) is 0 Å². The van der Waals surface area contributed by atoms with Crippen LogP contribution in [-0.2, 0) is 0 Å². The summed E-state index contributed by atoms with van der Waals surface area (Å²) in [4.78, 5) is 32.1. The smallest absolute Gasteiger partial charge is 0.235 e. The molecule has 0 unspecified atom stereocenters. The Morgan fingerprint density at radius 3 is 0.913 bits per heavy atom. The van der Waals surface area contributed by atoms with Crippen molar-refractivity contribution in [3.05, 3.63) is 394 Å². The fraction of sp³-hybridized carbons (Fsp3) is 0. The molecule has 590 valence electrons. The molecular formula is C114H65N9S4. The Kier molecular flexibility index (Phi) is 16.1. The van der Waals surface area contributed by atoms with E-state index in [0.717, 1.165) is 104 Å². The monoisotopic (exact) mass is 1690 g/mol. The lowest BCUT2D eigenvalue weighted by Gasteiger charge is -2.14. The molecule has 127 heavy (non-hydrogen) atoms. The minimum Gasteiger partial charge on any atom is -0.277 e. The van der Waals surface area contributed by atoms with Gasteiger partial charge in [-0.05, 0) is 60.0 Å². The van der Waals surface area contributed by atoms with Gasteiger partial charge in [0, 0.05) is 168 Å². The predicted molar refractivity (Wildman–Crippen MR) is 542 cm³/mol. The lowest BCUT2D eigenvalue weighted by atomic mass is 10.00. The Morgan fingerprint density at radius 1 is 0.173 bits per heavy atom. The summed E-state index contributed by atoms with van der Waals surface area (Å²) in [6, 6.07) is 140. The van der Waals surface area contributed by atoms with Crippen LogP contribution in [-0.4, -0.2) is 43.6 Å². The zero-order chi connectivity index (χ0) is 83.1. The van der Waals surface area contributed by atoms with E-state index in [9.17, 15) is 0 Å². The van der Waals surface area contributed by atoms with E-state index in [1.165, 1.54) is 141 Å². The first-order valence-corrected chi connectivity index (χ1v) is 45.9. The molecule has 9 nitrogen and oxygen atoms in total. The summed E-state index contributed by atoms with van der Waals surface area (Å²) in [6.07, 6.45) is 0. The summed E-state index contributed by atoms with van der Waals surface area (Å²) in [5.74, 6) is 2.07. The third-order valence-electron chi connectivity index (χ3n) is 25.6. The van der Waals surface area contributed by atoms with Gasteiger partial charge in [0.15, 0.2) is 0 Å². The van der Waals surface area contributed by atoms with Crippen molar-refractivity contribution in [3.8, 4) is 51.6 Å². The third-order valence-corrected chi connectivity index (χ3v) is 30.3. The molecule has 0 fully saturated rings. The second-order valence-electron chi connectivity index (χ2n) is 32.5. The Morgan fingerprint density at radius 2 is 0.472 bits per heavy atom. The number of benzene rings is 19. The number of nitrogens with zero attached hydrogens (tertiary/aromatic N) is 9. The summed E-state index contributed by atoms with van der Waals surface area (Å²) in [5, 5.41) is 28.3. The number of rotatable bonds is 6. The minimum absolute atomic E-state index is 0.683. The summed E-state index contributed by atoms with van der Waals surface area (Å²) >= 11 is 7.42. The standard InChI is InChI=1S/C40H23N3S.C38H21N3S2.C36H21N3S/c1-2-13-25(14-3-1)36-31-23-22-24-12-4-5-15-26(24)37(31)42-40(41-36)43-32-20-10-8-18-29(32)34-35-30-19-9-11-21-33(30)44-39(35)28-17-7-6-16-27(28)38(34)43;1-2-12-22(13-3-1)33-37-34(27-18-8-11-21-30(27)43-37)40-38(39-33)41-28-19-9-6-16-25(28)31-32-26-17-7-10-20-29(26)42-36(32)24-15-5-4-14-23(24)35(31)41;1-2-12-22(13-3-1)33-25-16-6-9-19-28(25)37-36(38-33)39-29-20-10-7-17-26(29)31-32-27-18-8-11-21-30(27)40-35(32)24-15-5-4-14-23(24)34(31)39/h1-23H;1-21H;1-21H. The number of aromatic nitrogens is 9. The first-order valence-electron chi connectivity index (χ1n) is 42.6. The first-order chi connectivity index (χ1) is 63.1. The van der Waals surface area contributed by atoms with Crippen molar-refractivity contribution in [2.24, 2.45) is 0 Å². The quantitative estimate of drug-likeness (QED) is 0.154. The van der Waals surface area contributed by atoms with Gasteiger partial charge in [-0.2, -0.15) is 0 Å². The molecule has 0 saturated carbocycles. The van der Waals surface area contributed by atoms with Crippen molar-refractivity contribution in [2.45, 2.75) is 0 Å². The molecule has 29 rings (SSSR count). The van der Waals surface area contributed by atoms with Crippen LogP contribution in [0.15, 0.2) is 394 Å². The molecular weight excluding hydrogens is 1620 g/mol. The van der Waals surface area contributed by atoms with Gasteiger partial charge in [0.1, 0.15) is 0 Å². The molecule has 10 heterocycles. The fourth-order valence-electron chi connectivity index (χ4n) is 20.2. The molecule has 0 amide bonds. The Labute approximate surface area is 740 Å². The van der Waals surface area contributed by atoms with Crippen LogP contribution in [0.25, 0.3) is 263 Å². The highest BCUT2D eigenvalue weighted by molar-refractivity contribution is 7.28. The second kappa shape index (κ2) is 28.4. The number of thiophene rings is 4. The van der Waals surface area contributed by atoms with Crippen molar-refractivity contribution in [1.82, 2.24) is 43.6 Å². The van der Waals surface area contributed by atoms with Crippen LogP contribution in [0.1, 0.15) is 0 Å². The summed E-state index contributed by atoms with van der Waals surface area (Å²) in [6.45, 7) is 0. The van der Waals surface area contributed by atoms with Gasteiger partial charge in [-0.3, -0.25) is 13.7 Å². The van der Waals surface area contributed by atoms with Crippen molar-refractivity contribution >= 4 is 256 Å². The van der Waals surface area contributed by atoms with E-state index in [-0.39, 0.29) is 0 Å². The van der Waals surface area contributed by atoms with E-state index in [0.29, 0.717) is 17.8 Å². The van der Waals surface area contributed by atoms with E-state index < -0.39 is 0 Å². The largest absolute Gasteiger partial charge is 0.277 e. The third kappa shape index (κ3) is 10.8. The van der Waals surface area contributed by atoms with Crippen LogP contribution in [0.2, 0.25) is 0 Å². The van der Waals surface area contributed by atoms with Gasteiger partial charge in [0.2, 0.25) is 17.8 Å². The highest BCUT2D eigenvalue weighted by Crippen LogP contribution is 2.53. The zero-order valence-electron chi connectivity index (χ0n) is 67.7. The molecule has 19 aromatic carbocycles. The molecule has 0 saturated heterocycles. The van der Waals surface area contributed by atoms with E-state index in [2.05, 4.69) is 402 Å². The van der Waals surface area contributed by atoms with Crippen molar-refractivity contribution in [3.63, 3.8) is 0 Å². The van der Waals surface area contributed by atoms with E-state index >= 15 is 0 Å². The summed E-state index contributed by atoms with van der Waals surface area (Å²) < 4.78 is 17.2. The van der Waals surface area contributed by atoms with Gasteiger partial charge in [0.25, 0.3) is 0 Å². The van der Waals surface area contributed by atoms with Crippen LogP contribution < -0.4 is 0 Å². The van der Waals surface area contributed by atoms with Crippen molar-refractivity contribution in [1.29, 1.82) is 0 Å². The minimum atomic E-state index is 0.683. The molecule has 0 aliphatic carbocycles. The van der Waals surface area contributed by atoms with Crippen LogP contribution in [0, 0.1) is 0 Å². The highest BCUT2D eigenvalue weighted by Gasteiger charge is 2.30. The molecule has 0 atom stereocenters. The lowest BCUT2D eigenvalue weighted by molar-refractivity contribution is 1.02. The highest BCUT2D eigenvalue weighted by atomic mass is 32.1. The zero-order valence-corrected chi connectivity index (χ0v) is 71.0. The van der Waals surface area contributed by atoms with Crippen molar-refractivity contribution in [2.75, 3.05) is 0 Å². The normalized spacial score (nSPS) is 12.1. The van der Waals surface area contributed by atoms with Gasteiger partial charge in [-0.25, -0.2) is 29.9 Å². The average Bonchev–Trinajstić information content (AvgIpc) is 1.56. The molecule has 13 heteroatoms. The summed E-state index contributed by atoms with van der Waals surface area (Å²) in [5.41, 5.74) is 15.8. The van der Waals surface area contributed by atoms with Gasteiger partial charge < -0.3 is 0 Å². The SMILES string of the molecule is c1ccc(-c2nc(-n3c4ccccc4c4c5c6ccccc6sc5c5ccccc5c43)nc3c2ccc2ccccc23)cc1.c1ccc(-c2nc(-n3c4ccccc4c4c5c6ccccc6sc5c5ccccc5c43)nc3c2sc2ccccc23)cc1.c1ccc(-c2nc(-n3c4ccccc4c4c5c6ccccc6sc5c5ccccc5c43)nc3ccccc23)cc1. The maximum atomic E-state index is 5.42. The van der Waals surface area contributed by atoms with Crippen LogP contribution in [0.3, 0.4) is 0 Å². The van der Waals surface area contributed by atoms with Crippen LogP contribution >= 0.6 is 45.3 Å². The molecule has 10 aromatic heterocycles. The molecule has 0 spiro atoms. The number of para-hydroxylation sites is 4. The Hall–Kier alpha value is -15.7. The molecule has 0 N–H and O–H groups in total. The van der Waals surface area contributed by atoms with Gasteiger partial charge in [0.05, 0.1) is 71.4 Å². The maximum Gasteiger partial charge on any atom is 0.235 e. The Balaban J connectivity index is 0.0000000989. The van der Waals surface area contributed by atoms with E-state index in [4.69, 9.17) is 29.9 Å². The lowest BCUT2D eigenvalue weighted by Crippen LogP contribution is -2.04. The number of fused-ring (bicyclic) bond motifs is 37.